The number of aryl methyl sites for hydroxylation is 2. The summed E-state index contributed by atoms with van der Waals surface area (Å²) in [6.45, 7) is 5.20. The van der Waals surface area contributed by atoms with Gasteiger partial charge < -0.3 is 10.2 Å². The number of piperidine rings is 1. The summed E-state index contributed by atoms with van der Waals surface area (Å²) in [7, 11) is 0. The zero-order valence-corrected chi connectivity index (χ0v) is 12.4. The van der Waals surface area contributed by atoms with Crippen LogP contribution in [0.1, 0.15) is 37.3 Å². The third-order valence-electron chi connectivity index (χ3n) is 4.77. The van der Waals surface area contributed by atoms with E-state index >= 15 is 0 Å². The molecule has 1 aromatic rings. The van der Waals surface area contributed by atoms with Crippen LogP contribution >= 0.6 is 0 Å². The van der Waals surface area contributed by atoms with Crippen LogP contribution in [-0.4, -0.2) is 25.5 Å². The Morgan fingerprint density at radius 1 is 1.25 bits per heavy atom. The monoisotopic (exact) mass is 273 g/mol. The minimum Gasteiger partial charge on any atom is -0.327 e. The standard InChI is InChI=1S/C17H24N2O/c1-13-7-9-19(10-8-13)12-17(20)18-16-6-5-14-3-2-4-15(14)11-16/h5-6,11,13H,2-4,7-10,12H2,1H3,(H,18,20)/p+1. The van der Waals surface area contributed by atoms with Crippen LogP contribution in [0.15, 0.2) is 18.2 Å². The lowest BCUT2D eigenvalue weighted by Crippen LogP contribution is -3.14. The number of hydrogen-bond acceptors (Lipinski definition) is 1. The van der Waals surface area contributed by atoms with Gasteiger partial charge in [0.15, 0.2) is 6.54 Å². The van der Waals surface area contributed by atoms with Gasteiger partial charge in [0.25, 0.3) is 5.91 Å². The van der Waals surface area contributed by atoms with Crippen molar-refractivity contribution in [2.45, 2.75) is 39.0 Å². The molecule has 0 aromatic heterocycles. The Morgan fingerprint density at radius 3 is 2.80 bits per heavy atom. The first-order valence-corrected chi connectivity index (χ1v) is 7.96. The summed E-state index contributed by atoms with van der Waals surface area (Å²) >= 11 is 0. The number of carbonyl (C=O) groups excluding carboxylic acids is 1. The molecule has 3 heteroatoms. The van der Waals surface area contributed by atoms with E-state index in [1.807, 2.05) is 0 Å². The molecular weight excluding hydrogens is 248 g/mol. The maximum absolute atomic E-state index is 12.1. The maximum atomic E-state index is 12.1. The molecule has 1 fully saturated rings. The quantitative estimate of drug-likeness (QED) is 0.858. The van der Waals surface area contributed by atoms with Crippen LogP contribution in [0.25, 0.3) is 0 Å². The van der Waals surface area contributed by atoms with Crippen LogP contribution in [0.5, 0.6) is 0 Å². The highest BCUT2D eigenvalue weighted by Crippen LogP contribution is 2.24. The second-order valence-corrected chi connectivity index (χ2v) is 6.49. The number of anilines is 1. The Bertz CT molecular complexity index is 490. The van der Waals surface area contributed by atoms with Gasteiger partial charge in [-0.15, -0.1) is 0 Å². The Balaban J connectivity index is 1.54. The smallest absolute Gasteiger partial charge is 0.279 e. The first kappa shape index (κ1) is 13.6. The van der Waals surface area contributed by atoms with Crippen LogP contribution in [-0.2, 0) is 17.6 Å². The summed E-state index contributed by atoms with van der Waals surface area (Å²) in [6.07, 6.45) is 6.11. The third-order valence-corrected chi connectivity index (χ3v) is 4.77. The molecule has 0 atom stereocenters. The van der Waals surface area contributed by atoms with Crippen molar-refractivity contribution >= 4 is 11.6 Å². The van der Waals surface area contributed by atoms with Crippen LogP contribution in [0.2, 0.25) is 0 Å². The molecule has 1 amide bonds. The van der Waals surface area contributed by atoms with Crippen molar-refractivity contribution in [3.05, 3.63) is 29.3 Å². The van der Waals surface area contributed by atoms with Crippen LogP contribution in [0.3, 0.4) is 0 Å². The highest BCUT2D eigenvalue weighted by molar-refractivity contribution is 5.91. The summed E-state index contributed by atoms with van der Waals surface area (Å²) in [6, 6.07) is 6.39. The normalized spacial score (nSPS) is 25.2. The Morgan fingerprint density at radius 2 is 2.00 bits per heavy atom. The second-order valence-electron chi connectivity index (χ2n) is 6.49. The zero-order valence-electron chi connectivity index (χ0n) is 12.4. The molecule has 0 radical (unpaired) electrons. The van der Waals surface area contributed by atoms with Gasteiger partial charge in [0.05, 0.1) is 13.1 Å². The molecule has 20 heavy (non-hydrogen) atoms. The van der Waals surface area contributed by atoms with Gasteiger partial charge in [0.1, 0.15) is 0 Å². The van der Waals surface area contributed by atoms with Gasteiger partial charge in [0, 0.05) is 5.69 Å². The number of nitrogens with one attached hydrogen (secondary N) is 2. The molecule has 0 bridgehead atoms. The van der Waals surface area contributed by atoms with Gasteiger partial charge in [-0.2, -0.15) is 0 Å². The number of quaternary nitrogens is 1. The summed E-state index contributed by atoms with van der Waals surface area (Å²) in [4.78, 5) is 13.6. The molecule has 2 N–H and O–H groups in total. The number of carbonyl (C=O) groups is 1. The number of likely N-dealkylation sites (tertiary alicyclic amines) is 1. The van der Waals surface area contributed by atoms with E-state index in [2.05, 4.69) is 30.4 Å². The van der Waals surface area contributed by atoms with Gasteiger partial charge in [-0.05, 0) is 61.3 Å². The van der Waals surface area contributed by atoms with Crippen molar-refractivity contribution < 1.29 is 9.69 Å². The molecule has 1 aromatic carbocycles. The van der Waals surface area contributed by atoms with Crippen molar-refractivity contribution in [1.29, 1.82) is 0 Å². The van der Waals surface area contributed by atoms with E-state index in [0.717, 1.165) is 31.1 Å². The minimum absolute atomic E-state index is 0.160. The van der Waals surface area contributed by atoms with Crippen LogP contribution in [0, 0.1) is 5.92 Å². The van der Waals surface area contributed by atoms with Crippen LogP contribution < -0.4 is 10.2 Å². The predicted octanol–water partition coefficient (Wildman–Crippen LogP) is 1.43. The van der Waals surface area contributed by atoms with Crippen molar-refractivity contribution in [2.24, 2.45) is 5.92 Å². The summed E-state index contributed by atoms with van der Waals surface area (Å²) < 4.78 is 0. The SMILES string of the molecule is CC1CC[NH+](CC(=O)Nc2ccc3c(c2)CCC3)CC1. The third kappa shape index (κ3) is 3.21. The zero-order chi connectivity index (χ0) is 13.9. The molecule has 3 nitrogen and oxygen atoms in total. The lowest BCUT2D eigenvalue weighted by atomic mass is 9.99. The Hall–Kier alpha value is -1.35. The van der Waals surface area contributed by atoms with Crippen molar-refractivity contribution in [2.75, 3.05) is 25.0 Å². The van der Waals surface area contributed by atoms with Crippen LogP contribution in [0.4, 0.5) is 5.69 Å². The largest absolute Gasteiger partial charge is 0.327 e. The molecule has 2 aliphatic rings. The highest BCUT2D eigenvalue weighted by atomic mass is 16.2. The number of hydrogen-bond donors (Lipinski definition) is 2. The molecule has 0 saturated carbocycles. The second kappa shape index (κ2) is 5.96. The number of fused-ring (bicyclic) bond motifs is 1. The van der Waals surface area contributed by atoms with Crippen molar-refractivity contribution in [3.63, 3.8) is 0 Å². The molecule has 1 heterocycles. The van der Waals surface area contributed by atoms with E-state index in [1.165, 1.54) is 41.7 Å². The first-order chi connectivity index (χ1) is 9.70. The Kier molecular flexibility index (Phi) is 4.06. The average Bonchev–Trinajstić information content (AvgIpc) is 2.89. The highest BCUT2D eigenvalue weighted by Gasteiger charge is 2.21. The van der Waals surface area contributed by atoms with E-state index < -0.39 is 0 Å². The number of amides is 1. The molecule has 0 unspecified atom stereocenters. The Labute approximate surface area is 121 Å². The topological polar surface area (TPSA) is 33.5 Å². The molecule has 0 spiro atoms. The number of benzene rings is 1. The van der Waals surface area contributed by atoms with Gasteiger partial charge in [-0.3, -0.25) is 4.79 Å². The van der Waals surface area contributed by atoms with E-state index in [1.54, 1.807) is 0 Å². The van der Waals surface area contributed by atoms with Gasteiger partial charge >= 0.3 is 0 Å². The van der Waals surface area contributed by atoms with E-state index in [9.17, 15) is 4.79 Å². The lowest BCUT2D eigenvalue weighted by molar-refractivity contribution is -0.897. The van der Waals surface area contributed by atoms with E-state index in [0.29, 0.717) is 6.54 Å². The maximum Gasteiger partial charge on any atom is 0.279 e. The van der Waals surface area contributed by atoms with Gasteiger partial charge in [-0.25, -0.2) is 0 Å². The molecule has 108 valence electrons. The summed E-state index contributed by atoms with van der Waals surface area (Å²) in [5.41, 5.74) is 3.85. The van der Waals surface area contributed by atoms with E-state index in [-0.39, 0.29) is 5.91 Å². The van der Waals surface area contributed by atoms with Gasteiger partial charge in [-0.1, -0.05) is 13.0 Å². The molecule has 1 aliphatic carbocycles. The fourth-order valence-electron chi connectivity index (χ4n) is 3.43. The molecule has 3 rings (SSSR count). The summed E-state index contributed by atoms with van der Waals surface area (Å²) in [5.74, 6) is 0.992. The lowest BCUT2D eigenvalue weighted by Gasteiger charge is -2.26. The predicted molar refractivity (Wildman–Crippen MR) is 81.1 cm³/mol. The van der Waals surface area contributed by atoms with Gasteiger partial charge in [0.2, 0.25) is 0 Å². The minimum atomic E-state index is 0.160. The molecule has 1 saturated heterocycles. The average molecular weight is 273 g/mol. The summed E-state index contributed by atoms with van der Waals surface area (Å²) in [5, 5.41) is 3.07. The molecular formula is C17H25N2O+. The fourth-order valence-corrected chi connectivity index (χ4v) is 3.43. The first-order valence-electron chi connectivity index (χ1n) is 7.96. The van der Waals surface area contributed by atoms with E-state index in [4.69, 9.17) is 0 Å². The van der Waals surface area contributed by atoms with Crippen molar-refractivity contribution in [3.8, 4) is 0 Å². The fraction of sp³-hybridized carbons (Fsp3) is 0.588. The van der Waals surface area contributed by atoms with Crippen molar-refractivity contribution in [1.82, 2.24) is 0 Å². The molecule has 1 aliphatic heterocycles. The number of rotatable bonds is 3.